The summed E-state index contributed by atoms with van der Waals surface area (Å²) < 4.78 is 32.5. The number of carboxylic acid groups (broad SMARTS) is 1. The van der Waals surface area contributed by atoms with Crippen LogP contribution in [0.4, 0.5) is 0 Å². The minimum absolute atomic E-state index is 0.101. The van der Waals surface area contributed by atoms with Gasteiger partial charge in [0.15, 0.2) is 0 Å². The van der Waals surface area contributed by atoms with Crippen molar-refractivity contribution in [3.8, 4) is 5.75 Å². The van der Waals surface area contributed by atoms with Crippen molar-refractivity contribution in [1.82, 2.24) is 8.61 Å². The highest BCUT2D eigenvalue weighted by Crippen LogP contribution is 2.31. The zero-order valence-electron chi connectivity index (χ0n) is 13.5. The number of ether oxygens (including phenoxy) is 1. The highest BCUT2D eigenvalue weighted by Gasteiger charge is 2.46. The van der Waals surface area contributed by atoms with E-state index in [4.69, 9.17) is 4.74 Å². The molecule has 0 radical (unpaired) electrons. The van der Waals surface area contributed by atoms with E-state index in [0.29, 0.717) is 5.75 Å². The lowest BCUT2D eigenvalue weighted by Crippen LogP contribution is -2.55. The van der Waals surface area contributed by atoms with Gasteiger partial charge in [0.2, 0.25) is 5.60 Å². The van der Waals surface area contributed by atoms with Gasteiger partial charge in [0.25, 0.3) is 10.2 Å². The molecule has 1 N–H and O–H groups in total. The van der Waals surface area contributed by atoms with Gasteiger partial charge >= 0.3 is 5.97 Å². The number of piperidine rings is 1. The summed E-state index contributed by atoms with van der Waals surface area (Å²) in [6.07, 6.45) is 0.201. The highest BCUT2D eigenvalue weighted by atomic mass is 32.2. The fraction of sp³-hybridized carbons (Fsp3) is 0.533. The number of nitrogens with zero attached hydrogens (tertiary/aromatic N) is 2. The topological polar surface area (TPSA) is 87.1 Å². The van der Waals surface area contributed by atoms with E-state index in [0.717, 1.165) is 9.87 Å². The Morgan fingerprint density at radius 1 is 1.30 bits per heavy atom. The van der Waals surface area contributed by atoms with Crippen molar-refractivity contribution in [3.63, 3.8) is 0 Å². The molecule has 23 heavy (non-hydrogen) atoms. The predicted octanol–water partition coefficient (Wildman–Crippen LogP) is 1.10. The SMILES string of the molecule is Cc1cccc(OC2(C(=O)O)CCN(S(=O)(=O)N(C)C)CC2)c1. The summed E-state index contributed by atoms with van der Waals surface area (Å²) in [4.78, 5) is 11.8. The van der Waals surface area contributed by atoms with Crippen LogP contribution in [0.5, 0.6) is 5.75 Å². The lowest BCUT2D eigenvalue weighted by molar-refractivity contribution is -0.158. The third-order valence-corrected chi connectivity index (χ3v) is 5.95. The molecule has 1 aliphatic rings. The van der Waals surface area contributed by atoms with Gasteiger partial charge in [-0.25, -0.2) is 4.79 Å². The molecule has 128 valence electrons. The van der Waals surface area contributed by atoms with Crippen LogP contribution in [0.15, 0.2) is 24.3 Å². The number of rotatable bonds is 5. The highest BCUT2D eigenvalue weighted by molar-refractivity contribution is 7.86. The maximum atomic E-state index is 12.1. The fourth-order valence-corrected chi connectivity index (χ4v) is 3.68. The summed E-state index contributed by atoms with van der Waals surface area (Å²) in [6, 6.07) is 7.17. The van der Waals surface area contributed by atoms with Crippen LogP contribution < -0.4 is 4.74 Å². The van der Waals surface area contributed by atoms with E-state index in [9.17, 15) is 18.3 Å². The average molecular weight is 342 g/mol. The lowest BCUT2D eigenvalue weighted by Gasteiger charge is -2.38. The molecule has 0 unspecified atom stereocenters. The lowest BCUT2D eigenvalue weighted by atomic mass is 9.92. The van der Waals surface area contributed by atoms with Crippen LogP contribution in [0.3, 0.4) is 0 Å². The Bertz CT molecular complexity index is 679. The molecule has 0 bridgehead atoms. The first-order chi connectivity index (χ1) is 10.7. The first-order valence-corrected chi connectivity index (χ1v) is 8.74. The molecule has 0 saturated carbocycles. The predicted molar refractivity (Wildman–Crippen MR) is 85.6 cm³/mol. The molecule has 2 rings (SSSR count). The van der Waals surface area contributed by atoms with Crippen molar-refractivity contribution in [3.05, 3.63) is 29.8 Å². The minimum Gasteiger partial charge on any atom is -0.478 e. The second kappa shape index (κ2) is 6.46. The number of hydrogen-bond acceptors (Lipinski definition) is 4. The van der Waals surface area contributed by atoms with E-state index in [-0.39, 0.29) is 25.9 Å². The summed E-state index contributed by atoms with van der Waals surface area (Å²) in [6.45, 7) is 2.11. The van der Waals surface area contributed by atoms with Gasteiger partial charge in [-0.15, -0.1) is 0 Å². The van der Waals surface area contributed by atoms with Crippen LogP contribution in [0.2, 0.25) is 0 Å². The second-order valence-corrected chi connectivity index (χ2v) is 8.05. The monoisotopic (exact) mass is 342 g/mol. The smallest absolute Gasteiger partial charge is 0.348 e. The average Bonchev–Trinajstić information content (AvgIpc) is 2.47. The molecular formula is C15H22N2O5S. The summed E-state index contributed by atoms with van der Waals surface area (Å²) in [5.74, 6) is -0.586. The van der Waals surface area contributed by atoms with E-state index in [1.165, 1.54) is 18.4 Å². The quantitative estimate of drug-likeness (QED) is 0.866. The van der Waals surface area contributed by atoms with E-state index >= 15 is 0 Å². The number of carboxylic acids is 1. The molecule has 1 aliphatic heterocycles. The largest absolute Gasteiger partial charge is 0.478 e. The Labute approximate surface area is 136 Å². The zero-order chi connectivity index (χ0) is 17.3. The molecule has 0 amide bonds. The maximum Gasteiger partial charge on any atom is 0.348 e. The molecule has 1 fully saturated rings. The standard InChI is InChI=1S/C15H22N2O5S/c1-12-5-4-6-13(11-12)22-15(14(18)19)7-9-17(10-8-15)23(20,21)16(2)3/h4-6,11H,7-10H2,1-3H3,(H,18,19). The Morgan fingerprint density at radius 2 is 1.91 bits per heavy atom. The van der Waals surface area contributed by atoms with E-state index in [1.54, 1.807) is 18.2 Å². The number of aliphatic carboxylic acids is 1. The third-order valence-electron chi connectivity index (χ3n) is 4.01. The molecular weight excluding hydrogens is 320 g/mol. The number of hydrogen-bond donors (Lipinski definition) is 1. The van der Waals surface area contributed by atoms with Gasteiger partial charge < -0.3 is 9.84 Å². The van der Waals surface area contributed by atoms with Crippen LogP contribution >= 0.6 is 0 Å². The second-order valence-electron chi connectivity index (χ2n) is 5.91. The molecule has 0 aliphatic carbocycles. The van der Waals surface area contributed by atoms with Gasteiger partial charge in [-0.2, -0.15) is 17.0 Å². The summed E-state index contributed by atoms with van der Waals surface area (Å²) >= 11 is 0. The van der Waals surface area contributed by atoms with Crippen molar-refractivity contribution >= 4 is 16.2 Å². The van der Waals surface area contributed by atoms with E-state index in [2.05, 4.69) is 0 Å². The van der Waals surface area contributed by atoms with Crippen molar-refractivity contribution in [2.45, 2.75) is 25.4 Å². The van der Waals surface area contributed by atoms with Crippen LogP contribution in [-0.2, 0) is 15.0 Å². The first kappa shape index (κ1) is 17.7. The molecule has 1 aromatic carbocycles. The minimum atomic E-state index is -3.54. The van der Waals surface area contributed by atoms with Gasteiger partial charge in [-0.1, -0.05) is 12.1 Å². The number of benzene rings is 1. The van der Waals surface area contributed by atoms with Crippen LogP contribution in [0.25, 0.3) is 0 Å². The fourth-order valence-electron chi connectivity index (χ4n) is 2.57. The molecule has 1 aromatic rings. The van der Waals surface area contributed by atoms with Crippen LogP contribution in [-0.4, -0.2) is 60.9 Å². The Hall–Kier alpha value is -1.64. The van der Waals surface area contributed by atoms with Gasteiger partial charge in [0.05, 0.1) is 0 Å². The zero-order valence-corrected chi connectivity index (χ0v) is 14.3. The van der Waals surface area contributed by atoms with Crippen LogP contribution in [0, 0.1) is 6.92 Å². The molecule has 0 atom stereocenters. The van der Waals surface area contributed by atoms with E-state index < -0.39 is 21.8 Å². The number of aryl methyl sites for hydroxylation is 1. The molecule has 1 heterocycles. The first-order valence-electron chi connectivity index (χ1n) is 7.34. The number of carbonyl (C=O) groups is 1. The Balaban J connectivity index is 2.18. The van der Waals surface area contributed by atoms with Crippen molar-refractivity contribution in [2.24, 2.45) is 0 Å². The van der Waals surface area contributed by atoms with Crippen molar-refractivity contribution < 1.29 is 23.1 Å². The summed E-state index contributed by atoms with van der Waals surface area (Å²) in [7, 11) is -0.625. The molecule has 8 heteroatoms. The summed E-state index contributed by atoms with van der Waals surface area (Å²) in [5.41, 5.74) is -0.428. The van der Waals surface area contributed by atoms with Gasteiger partial charge in [-0.3, -0.25) is 0 Å². The van der Waals surface area contributed by atoms with Gasteiger partial charge in [0.1, 0.15) is 5.75 Å². The maximum absolute atomic E-state index is 12.1. The molecule has 1 saturated heterocycles. The third kappa shape index (κ3) is 3.65. The van der Waals surface area contributed by atoms with Gasteiger partial charge in [0, 0.05) is 40.0 Å². The molecule has 0 aromatic heterocycles. The van der Waals surface area contributed by atoms with Gasteiger partial charge in [-0.05, 0) is 24.6 Å². The van der Waals surface area contributed by atoms with E-state index in [1.807, 2.05) is 13.0 Å². The normalized spacial score (nSPS) is 18.8. The van der Waals surface area contributed by atoms with Crippen molar-refractivity contribution in [1.29, 1.82) is 0 Å². The Kier molecular flexibility index (Phi) is 4.98. The molecule has 7 nitrogen and oxygen atoms in total. The summed E-state index contributed by atoms with van der Waals surface area (Å²) in [5, 5.41) is 9.61. The Morgan fingerprint density at radius 3 is 2.39 bits per heavy atom. The van der Waals surface area contributed by atoms with Crippen LogP contribution in [0.1, 0.15) is 18.4 Å². The molecule has 0 spiro atoms. The van der Waals surface area contributed by atoms with Crippen molar-refractivity contribution in [2.75, 3.05) is 27.2 Å².